The Morgan fingerprint density at radius 3 is 2.05 bits per heavy atom. The van der Waals surface area contributed by atoms with Crippen LogP contribution in [0.3, 0.4) is 0 Å². The van der Waals surface area contributed by atoms with Gasteiger partial charge in [-0.25, -0.2) is 0 Å². The van der Waals surface area contributed by atoms with Crippen molar-refractivity contribution in [2.75, 3.05) is 0 Å². The van der Waals surface area contributed by atoms with Gasteiger partial charge in [-0.15, -0.1) is 0 Å². The fraction of sp³-hybridized carbons (Fsp3) is 0.700. The second kappa shape index (κ2) is 10.9. The van der Waals surface area contributed by atoms with Crippen LogP contribution in [0.2, 0.25) is 0 Å². The zero-order valence-electron chi connectivity index (χ0n) is 14.7. The van der Waals surface area contributed by atoms with E-state index in [-0.39, 0.29) is 0 Å². The molecular weight excluding hydrogens is 240 g/mol. The lowest BCUT2D eigenvalue weighted by Gasteiger charge is -2.25. The van der Waals surface area contributed by atoms with Crippen LogP contribution in [0, 0.1) is 17.8 Å². The SMILES string of the molecule is C=CC(=CC=C(CC(C)CC)C(CC)C(C)C)CCC. The van der Waals surface area contributed by atoms with Gasteiger partial charge in [-0.3, -0.25) is 0 Å². The molecular formula is C20H36. The van der Waals surface area contributed by atoms with Crippen molar-refractivity contribution >= 4 is 0 Å². The number of hydrogen-bond acceptors (Lipinski definition) is 0. The van der Waals surface area contributed by atoms with E-state index in [0.717, 1.165) is 18.3 Å². The summed E-state index contributed by atoms with van der Waals surface area (Å²) in [4.78, 5) is 0. The Labute approximate surface area is 128 Å². The summed E-state index contributed by atoms with van der Waals surface area (Å²) in [6, 6.07) is 0. The number of hydrogen-bond donors (Lipinski definition) is 0. The van der Waals surface area contributed by atoms with E-state index in [0.29, 0.717) is 5.92 Å². The molecule has 0 aromatic heterocycles. The highest BCUT2D eigenvalue weighted by atomic mass is 14.2. The van der Waals surface area contributed by atoms with Gasteiger partial charge in [0.2, 0.25) is 0 Å². The molecule has 0 nitrogen and oxygen atoms in total. The van der Waals surface area contributed by atoms with Crippen molar-refractivity contribution in [2.24, 2.45) is 17.8 Å². The molecule has 0 rings (SSSR count). The number of allylic oxidation sites excluding steroid dienone is 5. The van der Waals surface area contributed by atoms with Crippen LogP contribution in [-0.2, 0) is 0 Å². The molecule has 0 heterocycles. The molecule has 0 amide bonds. The fourth-order valence-electron chi connectivity index (χ4n) is 2.81. The molecule has 0 fully saturated rings. The molecule has 0 heteroatoms. The molecule has 0 aliphatic rings. The summed E-state index contributed by atoms with van der Waals surface area (Å²) in [5.41, 5.74) is 3.00. The topological polar surface area (TPSA) is 0 Å². The molecule has 20 heavy (non-hydrogen) atoms. The predicted molar refractivity (Wildman–Crippen MR) is 94.0 cm³/mol. The van der Waals surface area contributed by atoms with Crippen LogP contribution >= 0.6 is 0 Å². The Morgan fingerprint density at radius 1 is 1.00 bits per heavy atom. The van der Waals surface area contributed by atoms with Crippen molar-refractivity contribution in [3.05, 3.63) is 36.0 Å². The first-order valence-electron chi connectivity index (χ1n) is 8.51. The van der Waals surface area contributed by atoms with E-state index in [4.69, 9.17) is 0 Å². The van der Waals surface area contributed by atoms with E-state index >= 15 is 0 Å². The second-order valence-electron chi connectivity index (χ2n) is 6.41. The molecule has 0 aliphatic carbocycles. The Kier molecular flexibility index (Phi) is 10.5. The van der Waals surface area contributed by atoms with Crippen LogP contribution < -0.4 is 0 Å². The largest absolute Gasteiger partial charge is 0.0988 e. The molecule has 0 radical (unpaired) electrons. The van der Waals surface area contributed by atoms with E-state index < -0.39 is 0 Å². The summed E-state index contributed by atoms with van der Waals surface area (Å²) < 4.78 is 0. The summed E-state index contributed by atoms with van der Waals surface area (Å²) in [5.74, 6) is 2.22. The molecule has 0 saturated heterocycles. The van der Waals surface area contributed by atoms with Gasteiger partial charge in [-0.05, 0) is 42.6 Å². The van der Waals surface area contributed by atoms with Crippen molar-refractivity contribution in [1.82, 2.24) is 0 Å². The maximum absolute atomic E-state index is 3.94. The predicted octanol–water partition coefficient (Wildman–Crippen LogP) is 6.94. The monoisotopic (exact) mass is 276 g/mol. The van der Waals surface area contributed by atoms with E-state index in [1.165, 1.54) is 31.3 Å². The minimum absolute atomic E-state index is 0.716. The third-order valence-corrected chi connectivity index (χ3v) is 4.31. The summed E-state index contributed by atoms with van der Waals surface area (Å²) in [6.07, 6.45) is 12.8. The van der Waals surface area contributed by atoms with Gasteiger partial charge in [0.25, 0.3) is 0 Å². The van der Waals surface area contributed by atoms with Crippen molar-refractivity contribution in [3.8, 4) is 0 Å². The van der Waals surface area contributed by atoms with Crippen molar-refractivity contribution < 1.29 is 0 Å². The van der Waals surface area contributed by atoms with Crippen LogP contribution in [0.1, 0.15) is 73.6 Å². The Bertz CT molecular complexity index is 317. The summed E-state index contributed by atoms with van der Waals surface area (Å²) in [7, 11) is 0. The molecule has 0 saturated carbocycles. The maximum atomic E-state index is 3.94. The zero-order chi connectivity index (χ0) is 15.5. The van der Waals surface area contributed by atoms with Crippen LogP contribution in [0.25, 0.3) is 0 Å². The Balaban J connectivity index is 5.22. The van der Waals surface area contributed by atoms with Crippen LogP contribution in [0.15, 0.2) is 36.0 Å². The average molecular weight is 277 g/mol. The highest BCUT2D eigenvalue weighted by Crippen LogP contribution is 2.30. The lowest BCUT2D eigenvalue weighted by atomic mass is 9.81. The van der Waals surface area contributed by atoms with Gasteiger partial charge in [0.1, 0.15) is 0 Å². The van der Waals surface area contributed by atoms with Gasteiger partial charge in [-0.1, -0.05) is 84.8 Å². The zero-order valence-corrected chi connectivity index (χ0v) is 14.7. The average Bonchev–Trinajstić information content (AvgIpc) is 2.42. The Morgan fingerprint density at radius 2 is 1.65 bits per heavy atom. The molecule has 2 unspecified atom stereocenters. The molecule has 116 valence electrons. The van der Waals surface area contributed by atoms with E-state index in [2.05, 4.69) is 60.3 Å². The molecule has 0 aromatic carbocycles. The Hall–Kier alpha value is -0.780. The normalized spacial score (nSPS) is 16.4. The molecule has 0 aromatic rings. The molecule has 0 spiro atoms. The van der Waals surface area contributed by atoms with Crippen LogP contribution in [0.5, 0.6) is 0 Å². The fourth-order valence-corrected chi connectivity index (χ4v) is 2.81. The molecule has 2 atom stereocenters. The van der Waals surface area contributed by atoms with E-state index in [9.17, 15) is 0 Å². The van der Waals surface area contributed by atoms with Crippen molar-refractivity contribution in [1.29, 1.82) is 0 Å². The van der Waals surface area contributed by atoms with E-state index in [1.54, 1.807) is 5.57 Å². The number of rotatable bonds is 10. The van der Waals surface area contributed by atoms with Crippen molar-refractivity contribution in [3.63, 3.8) is 0 Å². The van der Waals surface area contributed by atoms with Crippen molar-refractivity contribution in [2.45, 2.75) is 73.6 Å². The standard InChI is InChI=1S/C20H36/c1-8-12-18(10-3)13-14-19(15-17(7)9-2)20(11-4)16(5)6/h10,13-14,16-17,20H,3,8-9,11-12,15H2,1-2,4-7H3. The molecule has 0 N–H and O–H groups in total. The second-order valence-corrected chi connectivity index (χ2v) is 6.41. The van der Waals surface area contributed by atoms with Gasteiger partial charge in [0, 0.05) is 0 Å². The minimum atomic E-state index is 0.716. The maximum Gasteiger partial charge on any atom is -0.0180 e. The van der Waals surface area contributed by atoms with Gasteiger partial charge >= 0.3 is 0 Å². The first-order chi connectivity index (χ1) is 9.49. The van der Waals surface area contributed by atoms with Gasteiger partial charge in [-0.2, -0.15) is 0 Å². The lowest BCUT2D eigenvalue weighted by molar-refractivity contribution is 0.398. The smallest absolute Gasteiger partial charge is 0.0180 e. The minimum Gasteiger partial charge on any atom is -0.0988 e. The highest BCUT2D eigenvalue weighted by molar-refractivity contribution is 5.26. The third kappa shape index (κ3) is 7.12. The van der Waals surface area contributed by atoms with Crippen LogP contribution in [0.4, 0.5) is 0 Å². The first-order valence-corrected chi connectivity index (χ1v) is 8.51. The summed E-state index contributed by atoms with van der Waals surface area (Å²) in [5, 5.41) is 0. The van der Waals surface area contributed by atoms with Gasteiger partial charge < -0.3 is 0 Å². The lowest BCUT2D eigenvalue weighted by Crippen LogP contribution is -2.13. The summed E-state index contributed by atoms with van der Waals surface area (Å²) in [6.45, 7) is 17.8. The van der Waals surface area contributed by atoms with Crippen LogP contribution in [-0.4, -0.2) is 0 Å². The third-order valence-electron chi connectivity index (χ3n) is 4.31. The van der Waals surface area contributed by atoms with Gasteiger partial charge in [0.15, 0.2) is 0 Å². The first kappa shape index (κ1) is 19.2. The molecule has 0 aliphatic heterocycles. The summed E-state index contributed by atoms with van der Waals surface area (Å²) >= 11 is 0. The van der Waals surface area contributed by atoms with E-state index in [1.807, 2.05) is 6.08 Å². The van der Waals surface area contributed by atoms with Gasteiger partial charge in [0.05, 0.1) is 0 Å². The highest BCUT2D eigenvalue weighted by Gasteiger charge is 2.17. The quantitative estimate of drug-likeness (QED) is 0.379. The molecule has 0 bridgehead atoms.